The highest BCUT2D eigenvalue weighted by Gasteiger charge is 2.10. The van der Waals surface area contributed by atoms with Crippen LogP contribution in [0.15, 0.2) is 17.5 Å². The van der Waals surface area contributed by atoms with E-state index in [0.29, 0.717) is 0 Å². The van der Waals surface area contributed by atoms with Gasteiger partial charge in [0.25, 0.3) is 0 Å². The van der Waals surface area contributed by atoms with Crippen LogP contribution in [0.25, 0.3) is 0 Å². The lowest BCUT2D eigenvalue weighted by atomic mass is 10.1. The van der Waals surface area contributed by atoms with Crippen LogP contribution in [0.5, 0.6) is 0 Å². The molecule has 2 unspecified atom stereocenters. The van der Waals surface area contributed by atoms with E-state index >= 15 is 0 Å². The van der Waals surface area contributed by atoms with Gasteiger partial charge in [0.05, 0.1) is 6.04 Å². The van der Waals surface area contributed by atoms with Gasteiger partial charge in [-0.05, 0) is 18.4 Å². The van der Waals surface area contributed by atoms with E-state index < -0.39 is 0 Å². The van der Waals surface area contributed by atoms with Crippen molar-refractivity contribution in [3.8, 4) is 0 Å². The predicted octanol–water partition coefficient (Wildman–Crippen LogP) is 1.10. The fourth-order valence-corrected chi connectivity index (χ4v) is 1.58. The van der Waals surface area contributed by atoms with E-state index in [4.69, 9.17) is 11.5 Å². The van der Waals surface area contributed by atoms with Gasteiger partial charge >= 0.3 is 0 Å². The number of hydrogen-bond donors (Lipinski definition) is 2. The summed E-state index contributed by atoms with van der Waals surface area (Å²) in [4.78, 5) is 1.16. The Bertz CT molecular complexity index is 181. The van der Waals surface area contributed by atoms with E-state index in [1.54, 1.807) is 11.3 Å². The maximum Gasteiger partial charge on any atom is 0.0540 e. The highest BCUT2D eigenvalue weighted by molar-refractivity contribution is 7.10. The van der Waals surface area contributed by atoms with Crippen molar-refractivity contribution in [2.75, 3.05) is 0 Å². The summed E-state index contributed by atoms with van der Waals surface area (Å²) < 4.78 is 0. The van der Waals surface area contributed by atoms with Crippen LogP contribution in [0, 0.1) is 0 Å². The van der Waals surface area contributed by atoms with E-state index in [-0.39, 0.29) is 12.1 Å². The van der Waals surface area contributed by atoms with Crippen LogP contribution in [0.3, 0.4) is 0 Å². The fourth-order valence-electron chi connectivity index (χ4n) is 0.740. The number of nitrogens with two attached hydrogens (primary N) is 2. The molecule has 0 bridgehead atoms. The third kappa shape index (κ3) is 1.56. The molecule has 0 amide bonds. The van der Waals surface area contributed by atoms with Gasteiger partial charge in [0, 0.05) is 10.9 Å². The molecule has 0 radical (unpaired) electrons. The third-order valence-electron chi connectivity index (χ3n) is 1.44. The molecule has 0 aliphatic heterocycles. The summed E-state index contributed by atoms with van der Waals surface area (Å²) in [7, 11) is 0. The smallest absolute Gasteiger partial charge is 0.0540 e. The summed E-state index contributed by atoms with van der Waals surface area (Å²) in [5, 5.41) is 2.01. The topological polar surface area (TPSA) is 52.0 Å². The van der Waals surface area contributed by atoms with Gasteiger partial charge in [0.1, 0.15) is 0 Å². The second-order valence-corrected chi connectivity index (χ2v) is 3.38. The van der Waals surface area contributed by atoms with Crippen LogP contribution in [0.4, 0.5) is 0 Å². The molecule has 2 nitrogen and oxygen atoms in total. The molecule has 1 heterocycles. The second kappa shape index (κ2) is 3.14. The van der Waals surface area contributed by atoms with Crippen LogP contribution in [-0.4, -0.2) is 6.04 Å². The molecule has 0 aliphatic rings. The van der Waals surface area contributed by atoms with Crippen molar-refractivity contribution in [3.63, 3.8) is 0 Å². The lowest BCUT2D eigenvalue weighted by Gasteiger charge is -2.12. The minimum atomic E-state index is -0.000000000000000666. The van der Waals surface area contributed by atoms with E-state index in [1.807, 2.05) is 24.4 Å². The molecular weight excluding hydrogens is 144 g/mol. The minimum Gasteiger partial charge on any atom is -0.326 e. The monoisotopic (exact) mass is 156 g/mol. The first-order valence-corrected chi connectivity index (χ1v) is 4.14. The lowest BCUT2D eigenvalue weighted by Crippen LogP contribution is -2.30. The van der Waals surface area contributed by atoms with Gasteiger partial charge in [-0.2, -0.15) is 0 Å². The van der Waals surface area contributed by atoms with Crippen LogP contribution in [-0.2, 0) is 0 Å². The largest absolute Gasteiger partial charge is 0.326 e. The molecule has 0 fully saturated rings. The third-order valence-corrected chi connectivity index (χ3v) is 2.41. The molecule has 0 saturated heterocycles. The maximum absolute atomic E-state index is 5.77. The molecule has 0 spiro atoms. The molecule has 10 heavy (non-hydrogen) atoms. The van der Waals surface area contributed by atoms with Gasteiger partial charge < -0.3 is 11.5 Å². The van der Waals surface area contributed by atoms with Crippen LogP contribution >= 0.6 is 11.3 Å². The van der Waals surface area contributed by atoms with Gasteiger partial charge in [0.2, 0.25) is 0 Å². The maximum atomic E-state index is 5.77. The Morgan fingerprint density at radius 2 is 2.20 bits per heavy atom. The molecule has 56 valence electrons. The van der Waals surface area contributed by atoms with E-state index in [1.165, 1.54) is 0 Å². The SMILES string of the molecule is CC(N)C(N)c1cccs1. The predicted molar refractivity (Wildman–Crippen MR) is 44.9 cm³/mol. The first-order valence-electron chi connectivity index (χ1n) is 3.26. The van der Waals surface area contributed by atoms with Crippen LogP contribution in [0.2, 0.25) is 0 Å². The number of thiophene rings is 1. The van der Waals surface area contributed by atoms with Crippen molar-refractivity contribution in [1.82, 2.24) is 0 Å². The summed E-state index contributed by atoms with van der Waals surface area (Å²) in [5.41, 5.74) is 11.4. The molecule has 3 heteroatoms. The standard InChI is InChI=1S/C7H12N2S/c1-5(8)7(9)6-3-2-4-10-6/h2-5,7H,8-9H2,1H3. The Hall–Kier alpha value is -0.380. The Labute approximate surface area is 64.8 Å². The summed E-state index contributed by atoms with van der Waals surface area (Å²) in [6.45, 7) is 1.92. The van der Waals surface area contributed by atoms with Gasteiger partial charge in [-0.3, -0.25) is 0 Å². The highest BCUT2D eigenvalue weighted by Crippen LogP contribution is 2.17. The molecule has 1 rings (SSSR count). The summed E-state index contributed by atoms with van der Waals surface area (Å²) in [6, 6.07) is 4.04. The highest BCUT2D eigenvalue weighted by atomic mass is 32.1. The zero-order valence-corrected chi connectivity index (χ0v) is 6.77. The van der Waals surface area contributed by atoms with Gasteiger partial charge in [0.15, 0.2) is 0 Å². The number of hydrogen-bond acceptors (Lipinski definition) is 3. The lowest BCUT2D eigenvalue weighted by molar-refractivity contribution is 0.598. The molecule has 0 aliphatic carbocycles. The summed E-state index contributed by atoms with van der Waals surface area (Å²) in [6.07, 6.45) is 0. The van der Waals surface area contributed by atoms with E-state index in [9.17, 15) is 0 Å². The van der Waals surface area contributed by atoms with Crippen molar-refractivity contribution in [1.29, 1.82) is 0 Å². The normalized spacial score (nSPS) is 16.7. The molecular formula is C7H12N2S. The van der Waals surface area contributed by atoms with Crippen molar-refractivity contribution < 1.29 is 0 Å². The van der Waals surface area contributed by atoms with Crippen molar-refractivity contribution in [2.24, 2.45) is 11.5 Å². The molecule has 4 N–H and O–H groups in total. The minimum absolute atomic E-state index is 0.000000000000000666. The Morgan fingerprint density at radius 3 is 2.60 bits per heavy atom. The average Bonchev–Trinajstić information content (AvgIpc) is 2.36. The molecule has 0 saturated carbocycles. The van der Waals surface area contributed by atoms with Gasteiger partial charge in [-0.25, -0.2) is 0 Å². The zero-order valence-electron chi connectivity index (χ0n) is 5.95. The fraction of sp³-hybridized carbons (Fsp3) is 0.429. The van der Waals surface area contributed by atoms with E-state index in [0.717, 1.165) is 4.88 Å². The van der Waals surface area contributed by atoms with Crippen molar-refractivity contribution >= 4 is 11.3 Å². The molecule has 2 atom stereocenters. The Balaban J connectivity index is 2.68. The number of rotatable bonds is 2. The summed E-state index contributed by atoms with van der Waals surface area (Å²) in [5.74, 6) is 0. The molecule has 0 aromatic carbocycles. The molecule has 1 aromatic heterocycles. The average molecular weight is 156 g/mol. The van der Waals surface area contributed by atoms with Crippen LogP contribution < -0.4 is 11.5 Å². The first-order chi connectivity index (χ1) is 4.72. The van der Waals surface area contributed by atoms with Crippen molar-refractivity contribution in [3.05, 3.63) is 22.4 Å². The second-order valence-electron chi connectivity index (χ2n) is 2.40. The quantitative estimate of drug-likeness (QED) is 0.673. The van der Waals surface area contributed by atoms with E-state index in [2.05, 4.69) is 0 Å². The van der Waals surface area contributed by atoms with Crippen molar-refractivity contribution in [2.45, 2.75) is 19.0 Å². The van der Waals surface area contributed by atoms with Gasteiger partial charge in [-0.1, -0.05) is 6.07 Å². The van der Waals surface area contributed by atoms with Crippen LogP contribution in [0.1, 0.15) is 17.8 Å². The molecule has 1 aromatic rings. The Kier molecular flexibility index (Phi) is 2.43. The zero-order chi connectivity index (χ0) is 7.56. The summed E-state index contributed by atoms with van der Waals surface area (Å²) >= 11 is 1.65. The Morgan fingerprint density at radius 1 is 1.50 bits per heavy atom. The van der Waals surface area contributed by atoms with Gasteiger partial charge in [-0.15, -0.1) is 11.3 Å². The first kappa shape index (κ1) is 7.72.